The lowest BCUT2D eigenvalue weighted by atomic mass is 10.0. The van der Waals surface area contributed by atoms with Crippen LogP contribution < -0.4 is 5.73 Å². The Morgan fingerprint density at radius 1 is 0.783 bits per heavy atom. The topological polar surface area (TPSA) is 323 Å². The number of aliphatic hydroxyl groups excluding tert-OH is 1. The van der Waals surface area contributed by atoms with E-state index in [2.05, 4.69) is 10.6 Å². The maximum Gasteiger partial charge on any atom is 0.503 e. The number of nitrogens with two attached hydrogens (primary N) is 1. The molecule has 5 aliphatic rings. The van der Waals surface area contributed by atoms with Crippen molar-refractivity contribution in [1.82, 2.24) is 24.5 Å². The highest BCUT2D eigenvalue weighted by Crippen LogP contribution is 2.34. The first kappa shape index (κ1) is 40.8. The van der Waals surface area contributed by atoms with Crippen molar-refractivity contribution in [2.75, 3.05) is 97.4 Å². The number of carbonyl (C=O) groups is 4. The van der Waals surface area contributed by atoms with Gasteiger partial charge in [-0.1, -0.05) is 0 Å². The number of nitrogens with zero attached hydrogens (tertiary/aromatic N) is 5. The number of rotatable bonds is 9. The van der Waals surface area contributed by atoms with Gasteiger partial charge in [0.05, 0.1) is 24.6 Å². The van der Waals surface area contributed by atoms with Crippen LogP contribution >= 0.6 is 7.82 Å². The number of hydrogen-bond donors (Lipinski definition) is 9. The number of carboxylic acid groups (broad SMARTS) is 3. The van der Waals surface area contributed by atoms with Crippen molar-refractivity contribution in [3.05, 3.63) is 23.2 Å². The summed E-state index contributed by atoms with van der Waals surface area (Å²) >= 11 is 0. The number of allylic oxidation sites excluding steroid dienone is 1. The minimum Gasteiger partial charge on any atom is -0.480 e. The fraction of sp³-hybridized carbons (Fsp3) is 0.652. The molecule has 0 aromatic rings. The normalized spacial score (nSPS) is 19.2. The Balaban J connectivity index is 0.000000331. The monoisotopic (exact) mass is 704 g/mol. The Kier molecular flexibility index (Phi) is 16.7. The summed E-state index contributed by atoms with van der Waals surface area (Å²) in [6, 6.07) is 0. The van der Waals surface area contributed by atoms with Gasteiger partial charge < -0.3 is 55.5 Å². The van der Waals surface area contributed by atoms with Gasteiger partial charge in [0.15, 0.2) is 0 Å². The molecule has 10 N–H and O–H groups in total. The predicted molar refractivity (Wildman–Crippen MR) is 158 cm³/mol. The minimum atomic E-state index is -4.64. The number of aliphatic hydroxyl groups is 1. The molecule has 0 saturated carbocycles. The van der Waals surface area contributed by atoms with Crippen LogP contribution in [0.5, 0.6) is 0 Å². The summed E-state index contributed by atoms with van der Waals surface area (Å²) in [5.74, 6) is -1.12. The van der Waals surface area contributed by atoms with Gasteiger partial charge in [-0.2, -0.15) is 8.42 Å². The van der Waals surface area contributed by atoms with Crippen LogP contribution in [-0.2, 0) is 29.1 Å². The lowest BCUT2D eigenvalue weighted by molar-refractivity contribution is -0.135. The SMILES string of the molecule is NCC(=O)O.O=C(O)O.O=C1C=C(N2CC2)C(=O)C(N2CC2)=C1N1CC1.O=P(O)(O)O.O=S(=O)(O)CCN1CCN(CCO)CC1. The number of ketones is 2. The number of carbonyl (C=O) groups excluding carboxylic acids is 2. The van der Waals surface area contributed by atoms with Crippen molar-refractivity contribution in [3.63, 3.8) is 0 Å². The Morgan fingerprint density at radius 3 is 1.48 bits per heavy atom. The molecule has 0 atom stereocenters. The summed E-state index contributed by atoms with van der Waals surface area (Å²) in [4.78, 5) is 74.0. The van der Waals surface area contributed by atoms with Crippen molar-refractivity contribution >= 4 is 41.6 Å². The number of phosphoric acid groups is 1. The molecule has 0 radical (unpaired) electrons. The third-order valence-electron chi connectivity index (χ3n) is 6.21. The van der Waals surface area contributed by atoms with Crippen LogP contribution in [0, 0.1) is 0 Å². The molecule has 4 fully saturated rings. The van der Waals surface area contributed by atoms with Crippen molar-refractivity contribution in [3.8, 4) is 0 Å². The number of aliphatic carboxylic acids is 1. The molecule has 4 aliphatic heterocycles. The van der Waals surface area contributed by atoms with Crippen LogP contribution in [0.15, 0.2) is 23.2 Å². The van der Waals surface area contributed by atoms with Gasteiger partial charge in [-0.05, 0) is 0 Å². The Bertz CT molecular complexity index is 1270. The largest absolute Gasteiger partial charge is 0.503 e. The zero-order valence-electron chi connectivity index (χ0n) is 24.8. The minimum absolute atomic E-state index is 0.00546. The van der Waals surface area contributed by atoms with E-state index in [-0.39, 0.29) is 30.5 Å². The molecule has 23 heteroatoms. The van der Waals surface area contributed by atoms with Crippen molar-refractivity contribution in [1.29, 1.82) is 0 Å². The zero-order valence-corrected chi connectivity index (χ0v) is 26.5. The third-order valence-corrected chi connectivity index (χ3v) is 6.91. The second-order valence-corrected chi connectivity index (χ2v) is 12.6. The van der Waals surface area contributed by atoms with Gasteiger partial charge in [0.1, 0.15) is 11.4 Å². The molecule has 0 unspecified atom stereocenters. The summed E-state index contributed by atoms with van der Waals surface area (Å²) < 4.78 is 38.5. The zero-order chi connectivity index (χ0) is 35.2. The van der Waals surface area contributed by atoms with Crippen LogP contribution in [0.4, 0.5) is 4.79 Å². The summed E-state index contributed by atoms with van der Waals surface area (Å²) in [6.07, 6.45) is -0.310. The maximum atomic E-state index is 12.4. The highest BCUT2D eigenvalue weighted by Gasteiger charge is 2.43. The standard InChI is InChI=1S/C12H13N3O2.C8H18N2O4S.C2H5NO2.CH2O3.H3O4P/c16-9-7-8(13-1-2-13)12(17)11(15-5-6-15)10(9)14-3-4-14;11-7-5-9-1-3-10(4-2-9)6-8-15(12,13)14;3-1-2(4)5;2-1(3)4;1-5(2,3)4/h7H,1-6H2;11H,1-8H2,(H,12,13,14);1,3H2,(H,4,5);(H2,2,3,4);(H3,1,2,3,4). The molecule has 0 bridgehead atoms. The molecule has 46 heavy (non-hydrogen) atoms. The molecule has 0 aromatic heterocycles. The lowest BCUT2D eigenvalue weighted by Crippen LogP contribution is -2.48. The summed E-state index contributed by atoms with van der Waals surface area (Å²) in [5.41, 5.74) is 6.46. The van der Waals surface area contributed by atoms with Crippen LogP contribution in [0.3, 0.4) is 0 Å². The van der Waals surface area contributed by atoms with E-state index >= 15 is 0 Å². The molecule has 264 valence electrons. The van der Waals surface area contributed by atoms with E-state index in [1.807, 2.05) is 19.6 Å². The van der Waals surface area contributed by atoms with E-state index in [4.69, 9.17) is 49.0 Å². The van der Waals surface area contributed by atoms with E-state index in [1.54, 1.807) is 0 Å². The summed E-state index contributed by atoms with van der Waals surface area (Å²) in [6.45, 7) is 9.59. The Labute approximate surface area is 264 Å². The number of piperazine rings is 1. The van der Waals surface area contributed by atoms with Gasteiger partial charge >= 0.3 is 19.9 Å². The number of β-amino-alcohol motifs (C(OH)–C–C–N with tert-alkyl or cyclic N) is 1. The first-order valence-corrected chi connectivity index (χ1v) is 16.9. The van der Waals surface area contributed by atoms with Gasteiger partial charge in [0.2, 0.25) is 11.6 Å². The van der Waals surface area contributed by atoms with Crippen molar-refractivity contribution < 1.29 is 71.8 Å². The van der Waals surface area contributed by atoms with Crippen molar-refractivity contribution in [2.45, 2.75) is 0 Å². The number of carboxylic acids is 1. The van der Waals surface area contributed by atoms with Gasteiger partial charge in [0.25, 0.3) is 10.1 Å². The van der Waals surface area contributed by atoms with E-state index in [0.29, 0.717) is 30.2 Å². The maximum absolute atomic E-state index is 12.4. The molecule has 5 rings (SSSR count). The molecule has 0 aromatic carbocycles. The fourth-order valence-corrected chi connectivity index (χ4v) is 4.39. The van der Waals surface area contributed by atoms with E-state index < -0.39 is 30.1 Å². The summed E-state index contributed by atoms with van der Waals surface area (Å²) in [7, 11) is -8.48. The van der Waals surface area contributed by atoms with Gasteiger partial charge in [-0.15, -0.1) is 0 Å². The lowest BCUT2D eigenvalue weighted by Gasteiger charge is -2.33. The van der Waals surface area contributed by atoms with E-state index in [0.717, 1.165) is 65.4 Å². The van der Waals surface area contributed by atoms with Crippen LogP contribution in [0.2, 0.25) is 0 Å². The Morgan fingerprint density at radius 2 is 1.15 bits per heavy atom. The smallest absolute Gasteiger partial charge is 0.480 e. The molecule has 1 aliphatic carbocycles. The molecule has 0 amide bonds. The third kappa shape index (κ3) is 18.7. The van der Waals surface area contributed by atoms with E-state index in [9.17, 15) is 22.8 Å². The molecular weight excluding hydrogens is 663 g/mol. The number of Topliss-reactive ketones (excluding diaryl/α,β-unsaturated/α-hetero) is 1. The molecule has 21 nitrogen and oxygen atoms in total. The molecule has 0 spiro atoms. The van der Waals surface area contributed by atoms with Crippen LogP contribution in [0.25, 0.3) is 0 Å². The highest BCUT2D eigenvalue weighted by molar-refractivity contribution is 7.85. The second kappa shape index (κ2) is 18.8. The van der Waals surface area contributed by atoms with E-state index in [1.165, 1.54) is 6.08 Å². The predicted octanol–water partition coefficient (Wildman–Crippen LogP) is -4.01. The molecule has 4 heterocycles. The first-order valence-electron chi connectivity index (χ1n) is 13.7. The quantitative estimate of drug-likeness (QED) is 0.0478. The van der Waals surface area contributed by atoms with Gasteiger partial charge in [0, 0.05) is 84.6 Å². The van der Waals surface area contributed by atoms with Crippen LogP contribution in [-0.4, -0.2) is 194 Å². The molecular formula is C23H41N6O15PS. The Hall–Kier alpha value is -3.18. The fourth-order valence-electron chi connectivity index (χ4n) is 3.90. The van der Waals surface area contributed by atoms with Crippen LogP contribution in [0.1, 0.15) is 0 Å². The highest BCUT2D eigenvalue weighted by atomic mass is 32.2. The number of hydrogen-bond acceptors (Lipinski definition) is 14. The van der Waals surface area contributed by atoms with Gasteiger partial charge in [-0.25, -0.2) is 9.36 Å². The first-order chi connectivity index (χ1) is 21.3. The molecule has 4 saturated heterocycles. The summed E-state index contributed by atoms with van der Waals surface area (Å²) in [5, 5.41) is 30.3. The van der Waals surface area contributed by atoms with Crippen molar-refractivity contribution in [2.24, 2.45) is 5.73 Å². The second-order valence-electron chi connectivity index (χ2n) is 9.97. The average Bonchev–Trinajstić information content (AvgIpc) is 3.78. The average molecular weight is 705 g/mol. The van der Waals surface area contributed by atoms with Gasteiger partial charge in [-0.3, -0.25) is 28.7 Å².